The molecule has 8 nitrogen and oxygen atoms in total. The topological polar surface area (TPSA) is 88.3 Å². The molecule has 2 unspecified atom stereocenters. The van der Waals surface area contributed by atoms with Gasteiger partial charge in [0.15, 0.2) is 11.5 Å². The molecular weight excluding hydrogens is 366 g/mol. The Morgan fingerprint density at radius 3 is 2.83 bits per heavy atom. The Hall–Kier alpha value is -3.03. The van der Waals surface area contributed by atoms with Gasteiger partial charge >= 0.3 is 0 Å². The summed E-state index contributed by atoms with van der Waals surface area (Å²) in [5, 5.41) is 11.9. The number of pyridine rings is 1. The molecule has 4 rings (SSSR count). The monoisotopic (exact) mass is 393 g/mol. The van der Waals surface area contributed by atoms with Crippen LogP contribution in [0.4, 0.5) is 5.95 Å². The van der Waals surface area contributed by atoms with Gasteiger partial charge in [0.05, 0.1) is 12.0 Å². The van der Waals surface area contributed by atoms with E-state index in [0.29, 0.717) is 18.4 Å². The highest BCUT2D eigenvalue weighted by atomic mass is 16.2. The molecule has 152 valence electrons. The highest BCUT2D eigenvalue weighted by Gasteiger charge is 2.30. The Morgan fingerprint density at radius 1 is 1.21 bits per heavy atom. The van der Waals surface area contributed by atoms with Crippen LogP contribution in [-0.4, -0.2) is 43.6 Å². The van der Waals surface area contributed by atoms with Crippen molar-refractivity contribution >= 4 is 17.5 Å². The van der Waals surface area contributed by atoms with Crippen LogP contribution in [0.5, 0.6) is 0 Å². The molecule has 1 saturated heterocycles. The van der Waals surface area contributed by atoms with Crippen molar-refractivity contribution in [1.29, 1.82) is 0 Å². The van der Waals surface area contributed by atoms with Crippen molar-refractivity contribution in [3.05, 3.63) is 48.7 Å². The molecule has 8 heteroatoms. The molecule has 1 fully saturated rings. The normalized spacial score (nSPS) is 18.2. The van der Waals surface area contributed by atoms with Gasteiger partial charge in [-0.2, -0.15) is 0 Å². The van der Waals surface area contributed by atoms with Gasteiger partial charge in [-0.15, -0.1) is 10.2 Å². The largest absolute Gasteiger partial charge is 0.346 e. The van der Waals surface area contributed by atoms with Crippen molar-refractivity contribution in [1.82, 2.24) is 29.9 Å². The Balaban J connectivity index is 1.50. The molecule has 4 heterocycles. The van der Waals surface area contributed by atoms with Gasteiger partial charge in [0.25, 0.3) is 0 Å². The van der Waals surface area contributed by atoms with Crippen LogP contribution in [0.1, 0.15) is 45.0 Å². The van der Waals surface area contributed by atoms with E-state index in [1.807, 2.05) is 28.8 Å². The summed E-state index contributed by atoms with van der Waals surface area (Å²) in [4.78, 5) is 23.9. The van der Waals surface area contributed by atoms with Gasteiger partial charge in [0.2, 0.25) is 11.9 Å². The SMILES string of the molecule is CC(C)CC(NC(=O)C1CCCN(c2ncccn2)C1)c1nnc2ccccn12. The molecule has 3 aromatic rings. The number of carbonyl (C=O) groups excluding carboxylic acids is 1. The van der Waals surface area contributed by atoms with Gasteiger partial charge in [0.1, 0.15) is 0 Å². The minimum atomic E-state index is -0.178. The highest BCUT2D eigenvalue weighted by Crippen LogP contribution is 2.24. The minimum absolute atomic E-state index is 0.0592. The zero-order valence-corrected chi connectivity index (χ0v) is 16.9. The van der Waals surface area contributed by atoms with Crippen LogP contribution in [0.25, 0.3) is 5.65 Å². The van der Waals surface area contributed by atoms with E-state index in [1.54, 1.807) is 18.5 Å². The Bertz CT molecular complexity index is 956. The second-order valence-electron chi connectivity index (χ2n) is 8.01. The van der Waals surface area contributed by atoms with Gasteiger partial charge in [-0.3, -0.25) is 9.20 Å². The van der Waals surface area contributed by atoms with Crippen LogP contribution >= 0.6 is 0 Å². The van der Waals surface area contributed by atoms with Crippen molar-refractivity contribution in [2.45, 2.75) is 39.2 Å². The summed E-state index contributed by atoms with van der Waals surface area (Å²) in [5.74, 6) is 1.84. The number of hydrogen-bond donors (Lipinski definition) is 1. The number of hydrogen-bond acceptors (Lipinski definition) is 6. The summed E-state index contributed by atoms with van der Waals surface area (Å²) in [5.41, 5.74) is 0.788. The van der Waals surface area contributed by atoms with Crippen molar-refractivity contribution in [3.8, 4) is 0 Å². The van der Waals surface area contributed by atoms with Crippen molar-refractivity contribution < 1.29 is 4.79 Å². The lowest BCUT2D eigenvalue weighted by Crippen LogP contribution is -2.45. The summed E-state index contributed by atoms with van der Waals surface area (Å²) >= 11 is 0. The van der Waals surface area contributed by atoms with E-state index in [1.165, 1.54) is 0 Å². The maximum Gasteiger partial charge on any atom is 0.225 e. The summed E-state index contributed by atoms with van der Waals surface area (Å²) in [6.07, 6.45) is 8.03. The number of piperidine rings is 1. The van der Waals surface area contributed by atoms with Crippen LogP contribution < -0.4 is 10.2 Å². The molecule has 1 aliphatic rings. The fourth-order valence-electron chi connectivity index (χ4n) is 3.91. The van der Waals surface area contributed by atoms with E-state index in [0.717, 1.165) is 37.3 Å². The van der Waals surface area contributed by atoms with Crippen molar-refractivity contribution in [2.24, 2.45) is 11.8 Å². The molecule has 29 heavy (non-hydrogen) atoms. The summed E-state index contributed by atoms with van der Waals surface area (Å²) in [7, 11) is 0. The van der Waals surface area contributed by atoms with Crippen LogP contribution in [0.3, 0.4) is 0 Å². The standard InChI is InChI=1S/C21H27N7O/c1-15(2)13-17(19-26-25-18-8-3-4-12-28(18)19)24-20(29)16-7-5-11-27(14-16)21-22-9-6-10-23-21/h3-4,6,8-10,12,15-17H,5,7,11,13-14H2,1-2H3,(H,24,29). The van der Waals surface area contributed by atoms with Crippen LogP contribution in [0.15, 0.2) is 42.9 Å². The number of fused-ring (bicyclic) bond motifs is 1. The lowest BCUT2D eigenvalue weighted by molar-refractivity contribution is -0.126. The average molecular weight is 393 g/mol. The van der Waals surface area contributed by atoms with E-state index >= 15 is 0 Å². The number of carbonyl (C=O) groups is 1. The number of nitrogens with zero attached hydrogens (tertiary/aromatic N) is 6. The first-order chi connectivity index (χ1) is 14.1. The maximum atomic E-state index is 13.2. The Labute approximate surface area is 170 Å². The van der Waals surface area contributed by atoms with Gasteiger partial charge in [-0.05, 0) is 43.4 Å². The molecular formula is C21H27N7O. The first-order valence-corrected chi connectivity index (χ1v) is 10.2. The minimum Gasteiger partial charge on any atom is -0.346 e. The lowest BCUT2D eigenvalue weighted by Gasteiger charge is -2.32. The van der Waals surface area contributed by atoms with Gasteiger partial charge in [0, 0.05) is 31.7 Å². The molecule has 0 aromatic carbocycles. The summed E-state index contributed by atoms with van der Waals surface area (Å²) in [6, 6.07) is 7.43. The van der Waals surface area contributed by atoms with E-state index in [2.05, 4.69) is 44.2 Å². The molecule has 0 aliphatic carbocycles. The number of anilines is 1. The lowest BCUT2D eigenvalue weighted by atomic mass is 9.96. The molecule has 3 aromatic heterocycles. The predicted molar refractivity (Wildman–Crippen MR) is 110 cm³/mol. The molecule has 0 spiro atoms. The van der Waals surface area contributed by atoms with Crippen LogP contribution in [0, 0.1) is 11.8 Å². The first kappa shape index (κ1) is 19.3. The summed E-state index contributed by atoms with van der Waals surface area (Å²) < 4.78 is 1.96. The third kappa shape index (κ3) is 4.36. The number of aromatic nitrogens is 5. The average Bonchev–Trinajstić information content (AvgIpc) is 3.18. The Morgan fingerprint density at radius 2 is 2.03 bits per heavy atom. The molecule has 2 atom stereocenters. The quantitative estimate of drug-likeness (QED) is 0.693. The number of amides is 1. The number of nitrogens with one attached hydrogen (secondary N) is 1. The highest BCUT2D eigenvalue weighted by molar-refractivity contribution is 5.80. The second-order valence-corrected chi connectivity index (χ2v) is 8.01. The van der Waals surface area contributed by atoms with Crippen molar-refractivity contribution in [3.63, 3.8) is 0 Å². The fraction of sp³-hybridized carbons (Fsp3) is 0.476. The maximum absolute atomic E-state index is 13.2. The smallest absolute Gasteiger partial charge is 0.225 e. The van der Waals surface area contributed by atoms with Crippen LogP contribution in [0.2, 0.25) is 0 Å². The molecule has 0 bridgehead atoms. The number of rotatable bonds is 6. The van der Waals surface area contributed by atoms with Gasteiger partial charge < -0.3 is 10.2 Å². The molecule has 1 amide bonds. The molecule has 0 radical (unpaired) electrons. The molecule has 1 aliphatic heterocycles. The predicted octanol–water partition coefficient (Wildman–Crippen LogP) is 2.64. The van der Waals surface area contributed by atoms with Crippen molar-refractivity contribution in [2.75, 3.05) is 18.0 Å². The molecule has 1 N–H and O–H groups in total. The third-order valence-electron chi connectivity index (χ3n) is 5.30. The van der Waals surface area contributed by atoms with E-state index < -0.39 is 0 Å². The van der Waals surface area contributed by atoms with Gasteiger partial charge in [-0.25, -0.2) is 9.97 Å². The van der Waals surface area contributed by atoms with E-state index in [-0.39, 0.29) is 17.9 Å². The van der Waals surface area contributed by atoms with E-state index in [9.17, 15) is 4.79 Å². The fourth-order valence-corrected chi connectivity index (χ4v) is 3.91. The molecule has 0 saturated carbocycles. The first-order valence-electron chi connectivity index (χ1n) is 10.2. The Kier molecular flexibility index (Phi) is 5.69. The van der Waals surface area contributed by atoms with Crippen LogP contribution in [-0.2, 0) is 4.79 Å². The summed E-state index contributed by atoms with van der Waals surface area (Å²) in [6.45, 7) is 5.80. The van der Waals surface area contributed by atoms with E-state index in [4.69, 9.17) is 0 Å². The van der Waals surface area contributed by atoms with Gasteiger partial charge in [-0.1, -0.05) is 19.9 Å². The zero-order valence-electron chi connectivity index (χ0n) is 16.9. The third-order valence-corrected chi connectivity index (χ3v) is 5.30. The second kappa shape index (κ2) is 8.55. The zero-order chi connectivity index (χ0) is 20.2.